The summed E-state index contributed by atoms with van der Waals surface area (Å²) in [5, 5.41) is 0. The highest BCUT2D eigenvalue weighted by Crippen LogP contribution is 2.48. The van der Waals surface area contributed by atoms with Gasteiger partial charge in [0.1, 0.15) is 5.75 Å². The van der Waals surface area contributed by atoms with Crippen LogP contribution in [0.4, 0.5) is 0 Å². The maximum Gasteiger partial charge on any atom is 0.122 e. The number of fused-ring (bicyclic) bond motifs is 1. The van der Waals surface area contributed by atoms with Gasteiger partial charge in [-0.1, -0.05) is 26.0 Å². The first-order chi connectivity index (χ1) is 8.11. The molecule has 2 nitrogen and oxygen atoms in total. The molecule has 2 atom stereocenters. The largest absolute Gasteiger partial charge is 0.496 e. The molecule has 0 heterocycles. The highest BCUT2D eigenvalue weighted by atomic mass is 16.5. The van der Waals surface area contributed by atoms with Crippen LogP contribution in [0.25, 0.3) is 5.57 Å². The van der Waals surface area contributed by atoms with Gasteiger partial charge in [-0.3, -0.25) is 0 Å². The fourth-order valence-electron chi connectivity index (χ4n) is 2.88. The number of allylic oxidation sites excluding steroid dienone is 1. The predicted octanol–water partition coefficient (Wildman–Crippen LogP) is 3.10. The molecule has 1 aliphatic rings. The predicted molar refractivity (Wildman–Crippen MR) is 72.3 cm³/mol. The summed E-state index contributed by atoms with van der Waals surface area (Å²) in [6.07, 6.45) is 2.15. The minimum Gasteiger partial charge on any atom is -0.496 e. The van der Waals surface area contributed by atoms with Crippen molar-refractivity contribution < 1.29 is 4.74 Å². The lowest BCUT2D eigenvalue weighted by Crippen LogP contribution is -2.01. The number of methoxy groups -OCH3 is 1. The summed E-state index contributed by atoms with van der Waals surface area (Å²) < 4.78 is 5.41. The highest BCUT2D eigenvalue weighted by Gasteiger charge is 2.32. The second-order valence-electron chi connectivity index (χ2n) is 4.83. The van der Waals surface area contributed by atoms with Crippen molar-refractivity contribution in [1.82, 2.24) is 0 Å². The monoisotopic (exact) mass is 231 g/mol. The smallest absolute Gasteiger partial charge is 0.122 e. The zero-order valence-corrected chi connectivity index (χ0v) is 11.1. The van der Waals surface area contributed by atoms with E-state index < -0.39 is 0 Å². The Morgan fingerprint density at radius 3 is 2.59 bits per heavy atom. The fraction of sp³-hybridized carbons (Fsp3) is 0.467. The van der Waals surface area contributed by atoms with E-state index in [4.69, 9.17) is 10.5 Å². The van der Waals surface area contributed by atoms with Gasteiger partial charge in [-0.25, -0.2) is 0 Å². The first kappa shape index (κ1) is 12.2. The summed E-state index contributed by atoms with van der Waals surface area (Å²) in [5.74, 6) is 2.07. The lowest BCUT2D eigenvalue weighted by Gasteiger charge is -2.11. The molecule has 0 aromatic heterocycles. The maximum absolute atomic E-state index is 5.69. The summed E-state index contributed by atoms with van der Waals surface area (Å²) in [4.78, 5) is 0. The standard InChI is InChI=1S/C15H21NO/c1-9-10(2)13(7-8-16)15-11(3)14(17-4)6-5-12(9)15/h5-7,9-10H,8,16H2,1-4H3/b13-7+. The molecule has 0 fully saturated rings. The molecule has 0 saturated carbocycles. The van der Waals surface area contributed by atoms with E-state index in [0.29, 0.717) is 18.4 Å². The molecule has 0 bridgehead atoms. The highest BCUT2D eigenvalue weighted by molar-refractivity contribution is 5.79. The molecule has 1 aromatic carbocycles. The van der Waals surface area contributed by atoms with Crippen LogP contribution in [0.2, 0.25) is 0 Å². The van der Waals surface area contributed by atoms with Crippen LogP contribution in [0.1, 0.15) is 36.5 Å². The van der Waals surface area contributed by atoms with Gasteiger partial charge in [-0.15, -0.1) is 0 Å². The quantitative estimate of drug-likeness (QED) is 0.849. The summed E-state index contributed by atoms with van der Waals surface area (Å²) in [7, 11) is 1.73. The summed E-state index contributed by atoms with van der Waals surface area (Å²) in [5.41, 5.74) is 11.1. The van der Waals surface area contributed by atoms with E-state index >= 15 is 0 Å². The molecule has 1 aromatic rings. The third-order valence-corrected chi connectivity index (χ3v) is 4.03. The second-order valence-corrected chi connectivity index (χ2v) is 4.83. The normalized spacial score (nSPS) is 25.1. The molecule has 0 radical (unpaired) electrons. The van der Waals surface area contributed by atoms with Crippen molar-refractivity contribution in [2.45, 2.75) is 26.7 Å². The average molecular weight is 231 g/mol. The summed E-state index contributed by atoms with van der Waals surface area (Å²) >= 11 is 0. The van der Waals surface area contributed by atoms with Crippen molar-refractivity contribution in [3.05, 3.63) is 34.9 Å². The van der Waals surface area contributed by atoms with Gasteiger partial charge in [0.15, 0.2) is 0 Å². The molecule has 2 heteroatoms. The molecule has 0 aliphatic heterocycles. The Hall–Kier alpha value is -1.28. The fourth-order valence-corrected chi connectivity index (χ4v) is 2.88. The van der Waals surface area contributed by atoms with Gasteiger partial charge < -0.3 is 10.5 Å². The lowest BCUT2D eigenvalue weighted by molar-refractivity contribution is 0.411. The molecule has 92 valence electrons. The van der Waals surface area contributed by atoms with Gasteiger partial charge in [0.05, 0.1) is 7.11 Å². The number of rotatable bonds is 2. The molecular formula is C15H21NO. The van der Waals surface area contributed by atoms with Crippen molar-refractivity contribution in [1.29, 1.82) is 0 Å². The lowest BCUT2D eigenvalue weighted by atomic mass is 9.94. The Kier molecular flexibility index (Phi) is 3.25. The van der Waals surface area contributed by atoms with Crippen LogP contribution in [0.15, 0.2) is 18.2 Å². The third kappa shape index (κ3) is 1.77. The van der Waals surface area contributed by atoms with Gasteiger partial charge in [0.2, 0.25) is 0 Å². The van der Waals surface area contributed by atoms with E-state index in [1.165, 1.54) is 22.3 Å². The van der Waals surface area contributed by atoms with E-state index in [1.807, 2.05) is 0 Å². The van der Waals surface area contributed by atoms with Crippen molar-refractivity contribution in [3.8, 4) is 5.75 Å². The van der Waals surface area contributed by atoms with Crippen LogP contribution in [0, 0.1) is 12.8 Å². The van der Waals surface area contributed by atoms with E-state index in [9.17, 15) is 0 Å². The molecule has 1 aliphatic carbocycles. The van der Waals surface area contributed by atoms with Crippen LogP contribution < -0.4 is 10.5 Å². The number of hydrogen-bond donors (Lipinski definition) is 1. The van der Waals surface area contributed by atoms with Gasteiger partial charge in [0.25, 0.3) is 0 Å². The molecule has 0 spiro atoms. The van der Waals surface area contributed by atoms with Gasteiger partial charge in [0, 0.05) is 6.54 Å². The minimum absolute atomic E-state index is 0.541. The van der Waals surface area contributed by atoms with Gasteiger partial charge >= 0.3 is 0 Å². The minimum atomic E-state index is 0.541. The zero-order valence-electron chi connectivity index (χ0n) is 11.1. The third-order valence-electron chi connectivity index (χ3n) is 4.03. The topological polar surface area (TPSA) is 35.2 Å². The summed E-state index contributed by atoms with van der Waals surface area (Å²) in [6.45, 7) is 7.29. The molecule has 2 rings (SSSR count). The first-order valence-corrected chi connectivity index (χ1v) is 6.19. The van der Waals surface area contributed by atoms with Crippen molar-refractivity contribution >= 4 is 5.57 Å². The van der Waals surface area contributed by atoms with E-state index in [-0.39, 0.29) is 0 Å². The molecule has 0 saturated heterocycles. The summed E-state index contributed by atoms with van der Waals surface area (Å²) in [6, 6.07) is 4.27. The Morgan fingerprint density at radius 2 is 2.00 bits per heavy atom. The molecule has 17 heavy (non-hydrogen) atoms. The average Bonchev–Trinajstić information content (AvgIpc) is 2.56. The van der Waals surface area contributed by atoms with E-state index in [1.54, 1.807) is 7.11 Å². The maximum atomic E-state index is 5.69. The zero-order chi connectivity index (χ0) is 12.6. The van der Waals surface area contributed by atoms with Crippen LogP contribution in [0.3, 0.4) is 0 Å². The Bertz CT molecular complexity index is 462. The second kappa shape index (κ2) is 4.53. The SMILES string of the molecule is COc1ccc2c(c1C)/C(=C/CN)C(C)C2C. The number of benzene rings is 1. The number of hydrogen-bond acceptors (Lipinski definition) is 2. The van der Waals surface area contributed by atoms with Gasteiger partial charge in [-0.05, 0) is 47.1 Å². The van der Waals surface area contributed by atoms with Crippen LogP contribution in [0.5, 0.6) is 5.75 Å². The van der Waals surface area contributed by atoms with Crippen molar-refractivity contribution in [2.75, 3.05) is 13.7 Å². The Labute approximate surface area is 103 Å². The Balaban J connectivity index is 2.65. The Morgan fingerprint density at radius 1 is 1.29 bits per heavy atom. The van der Waals surface area contributed by atoms with E-state index in [2.05, 4.69) is 39.0 Å². The molecule has 0 amide bonds. The number of ether oxygens (including phenoxy) is 1. The molecule has 2 unspecified atom stereocenters. The van der Waals surface area contributed by atoms with Crippen molar-refractivity contribution in [3.63, 3.8) is 0 Å². The van der Waals surface area contributed by atoms with E-state index in [0.717, 1.165) is 5.75 Å². The van der Waals surface area contributed by atoms with Crippen LogP contribution >= 0.6 is 0 Å². The first-order valence-electron chi connectivity index (χ1n) is 6.19. The molecule has 2 N–H and O–H groups in total. The molecular weight excluding hydrogens is 210 g/mol. The van der Waals surface area contributed by atoms with Crippen LogP contribution in [-0.2, 0) is 0 Å². The number of nitrogens with two attached hydrogens (primary N) is 1. The van der Waals surface area contributed by atoms with Crippen LogP contribution in [-0.4, -0.2) is 13.7 Å². The van der Waals surface area contributed by atoms with Gasteiger partial charge in [-0.2, -0.15) is 0 Å². The van der Waals surface area contributed by atoms with Crippen molar-refractivity contribution in [2.24, 2.45) is 11.7 Å².